The molecule has 2 atom stereocenters. The minimum absolute atomic E-state index is 0.0752. The van der Waals surface area contributed by atoms with E-state index in [1.54, 1.807) is 15.6 Å². The fourth-order valence-corrected chi connectivity index (χ4v) is 3.60. The summed E-state index contributed by atoms with van der Waals surface area (Å²) in [4.78, 5) is 25.5. The molecule has 1 aliphatic heterocycles. The number of aryl methyl sites for hydroxylation is 2. The number of aromatic nitrogens is 2. The van der Waals surface area contributed by atoms with Crippen LogP contribution >= 0.6 is 0 Å². The molecule has 21 heavy (non-hydrogen) atoms. The third-order valence-corrected chi connectivity index (χ3v) is 4.93. The van der Waals surface area contributed by atoms with Crippen LogP contribution in [0.3, 0.4) is 0 Å². The van der Waals surface area contributed by atoms with Crippen LogP contribution in [-0.2, 0) is 11.8 Å². The van der Waals surface area contributed by atoms with Gasteiger partial charge in [0.05, 0.1) is 5.41 Å². The van der Waals surface area contributed by atoms with Gasteiger partial charge in [0, 0.05) is 31.9 Å². The van der Waals surface area contributed by atoms with E-state index in [0.717, 1.165) is 18.5 Å². The maximum Gasteiger partial charge on any atom is 0.323 e. The van der Waals surface area contributed by atoms with Gasteiger partial charge in [-0.1, -0.05) is 6.42 Å². The van der Waals surface area contributed by atoms with E-state index in [-0.39, 0.29) is 11.9 Å². The van der Waals surface area contributed by atoms with Crippen molar-refractivity contribution in [2.45, 2.75) is 26.2 Å². The monoisotopic (exact) mass is 292 g/mol. The fourth-order valence-electron chi connectivity index (χ4n) is 3.60. The molecule has 2 heterocycles. The van der Waals surface area contributed by atoms with Gasteiger partial charge in [-0.3, -0.25) is 14.8 Å². The smallest absolute Gasteiger partial charge is 0.323 e. The molecule has 0 spiro atoms. The van der Waals surface area contributed by atoms with Crippen molar-refractivity contribution < 1.29 is 14.7 Å². The highest BCUT2D eigenvalue weighted by molar-refractivity contribution is 5.89. The summed E-state index contributed by atoms with van der Waals surface area (Å²) in [7, 11) is 1.81. The van der Waals surface area contributed by atoms with Gasteiger partial charge in [-0.05, 0) is 25.7 Å². The molecule has 1 saturated carbocycles. The van der Waals surface area contributed by atoms with Gasteiger partial charge in [0.2, 0.25) is 0 Å². The second-order valence-electron chi connectivity index (χ2n) is 6.16. The van der Waals surface area contributed by atoms with Crippen molar-refractivity contribution in [2.75, 3.05) is 18.4 Å². The first-order valence-corrected chi connectivity index (χ1v) is 7.22. The molecule has 1 aromatic rings. The Morgan fingerprint density at radius 3 is 2.86 bits per heavy atom. The van der Waals surface area contributed by atoms with Crippen LogP contribution in [0.15, 0.2) is 6.07 Å². The number of nitrogens with zero attached hydrogens (tertiary/aromatic N) is 3. The molecule has 2 amide bonds. The maximum absolute atomic E-state index is 12.3. The summed E-state index contributed by atoms with van der Waals surface area (Å²) >= 11 is 0. The van der Waals surface area contributed by atoms with Gasteiger partial charge in [-0.15, -0.1) is 0 Å². The summed E-state index contributed by atoms with van der Waals surface area (Å²) in [5.74, 6) is -0.193. The lowest BCUT2D eigenvalue weighted by Crippen LogP contribution is -2.38. The van der Waals surface area contributed by atoms with Crippen molar-refractivity contribution in [2.24, 2.45) is 18.4 Å². The fraction of sp³-hybridized carbons (Fsp3) is 0.643. The number of anilines is 1. The van der Waals surface area contributed by atoms with Crippen molar-refractivity contribution in [1.29, 1.82) is 0 Å². The minimum atomic E-state index is -0.769. The molecule has 1 aromatic heterocycles. The Morgan fingerprint density at radius 1 is 1.52 bits per heavy atom. The number of hydrogen-bond acceptors (Lipinski definition) is 3. The lowest BCUT2D eigenvalue weighted by Gasteiger charge is -2.23. The van der Waals surface area contributed by atoms with Crippen LogP contribution in [0, 0.1) is 18.3 Å². The van der Waals surface area contributed by atoms with E-state index in [9.17, 15) is 14.7 Å². The van der Waals surface area contributed by atoms with E-state index in [4.69, 9.17) is 0 Å². The molecule has 7 heteroatoms. The number of carbonyl (C=O) groups excluding carboxylic acids is 1. The second-order valence-corrected chi connectivity index (χ2v) is 6.16. The lowest BCUT2D eigenvalue weighted by atomic mass is 9.81. The van der Waals surface area contributed by atoms with E-state index >= 15 is 0 Å². The number of rotatable bonds is 2. The van der Waals surface area contributed by atoms with Crippen LogP contribution in [0.25, 0.3) is 0 Å². The number of carbonyl (C=O) groups is 2. The van der Waals surface area contributed by atoms with Crippen LogP contribution in [0.2, 0.25) is 0 Å². The summed E-state index contributed by atoms with van der Waals surface area (Å²) in [5, 5.41) is 16.5. The van der Waals surface area contributed by atoms with Crippen LogP contribution in [-0.4, -0.2) is 44.9 Å². The third kappa shape index (κ3) is 2.16. The Bertz CT molecular complexity index is 578. The first-order chi connectivity index (χ1) is 9.92. The average molecular weight is 292 g/mol. The number of fused-ring (bicyclic) bond motifs is 1. The van der Waals surface area contributed by atoms with Crippen molar-refractivity contribution in [1.82, 2.24) is 14.7 Å². The maximum atomic E-state index is 12.3. The molecule has 1 aliphatic carbocycles. The summed E-state index contributed by atoms with van der Waals surface area (Å²) in [6.07, 6.45) is 2.49. The number of amides is 2. The highest BCUT2D eigenvalue weighted by atomic mass is 16.4. The number of carboxylic acids is 1. The molecule has 0 unspecified atom stereocenters. The quantitative estimate of drug-likeness (QED) is 0.863. The van der Waals surface area contributed by atoms with E-state index in [2.05, 4.69) is 10.4 Å². The molecule has 2 N–H and O–H groups in total. The third-order valence-electron chi connectivity index (χ3n) is 4.93. The first kappa shape index (κ1) is 13.9. The summed E-state index contributed by atoms with van der Waals surface area (Å²) in [6.45, 7) is 2.72. The Morgan fingerprint density at radius 2 is 2.29 bits per heavy atom. The molecular weight excluding hydrogens is 272 g/mol. The SMILES string of the molecule is Cc1cc(NC(=O)N2C[C@@H]3CCC[C@@]3(C(=O)O)C2)nn1C. The van der Waals surface area contributed by atoms with E-state index in [1.165, 1.54) is 0 Å². The Kier molecular flexibility index (Phi) is 3.15. The minimum Gasteiger partial charge on any atom is -0.481 e. The van der Waals surface area contributed by atoms with E-state index in [1.807, 2.05) is 14.0 Å². The predicted octanol–water partition coefficient (Wildman–Crippen LogP) is 1.45. The van der Waals surface area contributed by atoms with Crippen LogP contribution in [0.1, 0.15) is 25.0 Å². The van der Waals surface area contributed by atoms with Gasteiger partial charge in [0.15, 0.2) is 5.82 Å². The predicted molar refractivity (Wildman–Crippen MR) is 75.9 cm³/mol. The normalized spacial score (nSPS) is 27.7. The number of likely N-dealkylation sites (tertiary alicyclic amines) is 1. The van der Waals surface area contributed by atoms with Gasteiger partial charge in [-0.2, -0.15) is 5.10 Å². The lowest BCUT2D eigenvalue weighted by molar-refractivity contribution is -0.149. The Hall–Kier alpha value is -2.05. The first-order valence-electron chi connectivity index (χ1n) is 7.22. The number of hydrogen-bond donors (Lipinski definition) is 2. The molecule has 114 valence electrons. The Balaban J connectivity index is 1.71. The zero-order chi connectivity index (χ0) is 15.2. The average Bonchev–Trinajstić information content (AvgIpc) is 3.02. The largest absolute Gasteiger partial charge is 0.481 e. The highest BCUT2D eigenvalue weighted by Crippen LogP contribution is 2.48. The van der Waals surface area contributed by atoms with Gasteiger partial charge in [0.1, 0.15) is 0 Å². The number of nitrogens with one attached hydrogen (secondary N) is 1. The van der Waals surface area contributed by atoms with Crippen molar-refractivity contribution in [3.8, 4) is 0 Å². The zero-order valence-electron chi connectivity index (χ0n) is 12.3. The van der Waals surface area contributed by atoms with Crippen LogP contribution in [0.4, 0.5) is 10.6 Å². The number of urea groups is 1. The van der Waals surface area contributed by atoms with Crippen molar-refractivity contribution >= 4 is 17.8 Å². The molecule has 0 aromatic carbocycles. The van der Waals surface area contributed by atoms with Gasteiger partial charge in [-0.25, -0.2) is 4.79 Å². The molecule has 0 bridgehead atoms. The second kappa shape index (κ2) is 4.75. The zero-order valence-corrected chi connectivity index (χ0v) is 12.3. The molecule has 7 nitrogen and oxygen atoms in total. The number of carboxylic acid groups (broad SMARTS) is 1. The molecule has 2 aliphatic rings. The molecule has 1 saturated heterocycles. The van der Waals surface area contributed by atoms with Gasteiger partial charge >= 0.3 is 12.0 Å². The standard InChI is InChI=1S/C14H20N4O3/c1-9-6-11(16-17(9)2)15-13(21)18-7-10-4-3-5-14(10,8-18)12(19)20/h6,10H,3-5,7-8H2,1-2H3,(H,19,20)(H,15,16,21)/t10-,14+/m0/s1. The van der Waals surface area contributed by atoms with Crippen LogP contribution in [0.5, 0.6) is 0 Å². The van der Waals surface area contributed by atoms with Crippen molar-refractivity contribution in [3.63, 3.8) is 0 Å². The molecule has 0 radical (unpaired) electrons. The molecule has 2 fully saturated rings. The van der Waals surface area contributed by atoms with Crippen molar-refractivity contribution in [3.05, 3.63) is 11.8 Å². The molecular formula is C14H20N4O3. The summed E-state index contributed by atoms with van der Waals surface area (Å²) in [5.41, 5.74) is 0.211. The summed E-state index contributed by atoms with van der Waals surface area (Å²) in [6, 6.07) is 1.53. The van der Waals surface area contributed by atoms with E-state index < -0.39 is 11.4 Å². The van der Waals surface area contributed by atoms with Gasteiger partial charge < -0.3 is 10.0 Å². The number of aliphatic carboxylic acids is 1. The molecule has 3 rings (SSSR count). The van der Waals surface area contributed by atoms with E-state index in [0.29, 0.717) is 25.3 Å². The topological polar surface area (TPSA) is 87.5 Å². The summed E-state index contributed by atoms with van der Waals surface area (Å²) < 4.78 is 1.69. The van der Waals surface area contributed by atoms with Crippen LogP contribution < -0.4 is 5.32 Å². The Labute approximate surface area is 122 Å². The highest BCUT2D eigenvalue weighted by Gasteiger charge is 2.55. The van der Waals surface area contributed by atoms with Gasteiger partial charge in [0.25, 0.3) is 0 Å².